The van der Waals surface area contributed by atoms with Crippen molar-refractivity contribution >= 4 is 22.8 Å². The van der Waals surface area contributed by atoms with Gasteiger partial charge in [-0.05, 0) is 42.2 Å². The van der Waals surface area contributed by atoms with E-state index in [4.69, 9.17) is 0 Å². The van der Waals surface area contributed by atoms with E-state index in [9.17, 15) is 14.7 Å². The number of carboxylic acid groups (broad SMARTS) is 1. The summed E-state index contributed by atoms with van der Waals surface area (Å²) in [6.45, 7) is 2.71. The molecular formula is C20H24N2O3. The lowest BCUT2D eigenvalue weighted by atomic mass is 9.94. The number of carboxylic acids is 1. The highest BCUT2D eigenvalue weighted by molar-refractivity contribution is 5.92. The Kier molecular flexibility index (Phi) is 4.02. The Morgan fingerprint density at radius 1 is 1.28 bits per heavy atom. The lowest BCUT2D eigenvalue weighted by Gasteiger charge is -2.24. The van der Waals surface area contributed by atoms with E-state index in [0.717, 1.165) is 42.1 Å². The number of carbonyl (C=O) groups excluding carboxylic acids is 1. The highest BCUT2D eigenvalue weighted by atomic mass is 16.4. The first-order valence-corrected chi connectivity index (χ1v) is 9.20. The zero-order valence-corrected chi connectivity index (χ0v) is 14.5. The predicted molar refractivity (Wildman–Crippen MR) is 95.3 cm³/mol. The first-order valence-electron chi connectivity index (χ1n) is 9.20. The average molecular weight is 340 g/mol. The number of likely N-dealkylation sites (tertiary alicyclic amines) is 1. The van der Waals surface area contributed by atoms with Crippen LogP contribution in [0.3, 0.4) is 0 Å². The van der Waals surface area contributed by atoms with Crippen molar-refractivity contribution in [2.75, 3.05) is 6.54 Å². The van der Waals surface area contributed by atoms with Gasteiger partial charge < -0.3 is 15.0 Å². The molecule has 3 atom stereocenters. The molecule has 1 amide bonds. The number of para-hydroxylation sites is 1. The highest BCUT2D eigenvalue weighted by Crippen LogP contribution is 2.42. The van der Waals surface area contributed by atoms with Gasteiger partial charge in [-0.25, -0.2) is 4.79 Å². The van der Waals surface area contributed by atoms with Gasteiger partial charge in [0.15, 0.2) is 0 Å². The molecule has 5 heteroatoms. The molecule has 0 spiro atoms. The highest BCUT2D eigenvalue weighted by Gasteiger charge is 2.49. The van der Waals surface area contributed by atoms with Gasteiger partial charge in [0, 0.05) is 23.6 Å². The van der Waals surface area contributed by atoms with Crippen LogP contribution in [0.1, 0.15) is 37.3 Å². The number of fused-ring (bicyclic) bond motifs is 2. The van der Waals surface area contributed by atoms with Crippen molar-refractivity contribution in [3.8, 4) is 0 Å². The molecule has 1 aliphatic carbocycles. The molecule has 5 nitrogen and oxygen atoms in total. The molecule has 1 aromatic heterocycles. The summed E-state index contributed by atoms with van der Waals surface area (Å²) in [4.78, 5) is 29.6. The van der Waals surface area contributed by atoms with Crippen molar-refractivity contribution in [1.29, 1.82) is 0 Å². The number of aromatic nitrogens is 1. The van der Waals surface area contributed by atoms with E-state index in [1.807, 2.05) is 18.3 Å². The number of rotatable bonds is 4. The van der Waals surface area contributed by atoms with E-state index < -0.39 is 12.0 Å². The molecule has 0 radical (unpaired) electrons. The summed E-state index contributed by atoms with van der Waals surface area (Å²) in [5, 5.41) is 10.7. The van der Waals surface area contributed by atoms with Gasteiger partial charge in [0.25, 0.3) is 0 Å². The fraction of sp³-hybridized carbons (Fsp3) is 0.500. The predicted octanol–water partition coefficient (Wildman–Crippen LogP) is 2.98. The van der Waals surface area contributed by atoms with Crippen molar-refractivity contribution in [2.24, 2.45) is 11.8 Å². The monoisotopic (exact) mass is 340 g/mol. The smallest absolute Gasteiger partial charge is 0.326 e. The van der Waals surface area contributed by atoms with Crippen molar-refractivity contribution < 1.29 is 14.7 Å². The zero-order chi connectivity index (χ0) is 17.6. The Morgan fingerprint density at radius 2 is 2.12 bits per heavy atom. The quantitative estimate of drug-likeness (QED) is 0.898. The summed E-state index contributed by atoms with van der Waals surface area (Å²) >= 11 is 0. The van der Waals surface area contributed by atoms with E-state index >= 15 is 0 Å². The maximum absolute atomic E-state index is 12.9. The second kappa shape index (κ2) is 6.21. The average Bonchev–Trinajstić information content (AvgIpc) is 3.28. The van der Waals surface area contributed by atoms with Gasteiger partial charge in [-0.1, -0.05) is 31.5 Å². The molecule has 1 aromatic carbocycles. The van der Waals surface area contributed by atoms with Crippen LogP contribution in [0.25, 0.3) is 10.9 Å². The van der Waals surface area contributed by atoms with Gasteiger partial charge in [0.1, 0.15) is 6.04 Å². The van der Waals surface area contributed by atoms with Crippen LogP contribution in [0.5, 0.6) is 0 Å². The Hall–Kier alpha value is -2.30. The first-order chi connectivity index (χ1) is 12.1. The van der Waals surface area contributed by atoms with Gasteiger partial charge in [0.05, 0.1) is 6.42 Å². The topological polar surface area (TPSA) is 73.4 Å². The largest absolute Gasteiger partial charge is 0.480 e. The molecule has 25 heavy (non-hydrogen) atoms. The third-order valence-electron chi connectivity index (χ3n) is 6.07. The lowest BCUT2D eigenvalue weighted by molar-refractivity contribution is -0.149. The maximum Gasteiger partial charge on any atom is 0.326 e. The molecule has 1 aliphatic heterocycles. The molecule has 2 aromatic rings. The van der Waals surface area contributed by atoms with Crippen LogP contribution in [-0.4, -0.2) is 39.5 Å². The molecule has 1 saturated carbocycles. The number of nitrogens with zero attached hydrogens (tertiary/aromatic N) is 1. The minimum absolute atomic E-state index is 0.0652. The van der Waals surface area contributed by atoms with Crippen LogP contribution in [0.2, 0.25) is 0 Å². The van der Waals surface area contributed by atoms with Crippen molar-refractivity contribution in [3.63, 3.8) is 0 Å². The molecule has 1 saturated heterocycles. The Balaban J connectivity index is 1.59. The number of hydrogen-bond donors (Lipinski definition) is 2. The molecule has 4 rings (SSSR count). The number of aliphatic carboxylic acids is 1. The van der Waals surface area contributed by atoms with E-state index in [1.165, 1.54) is 5.56 Å². The molecule has 2 heterocycles. The van der Waals surface area contributed by atoms with E-state index in [0.29, 0.717) is 12.5 Å². The normalized spacial score (nSPS) is 25.5. The van der Waals surface area contributed by atoms with E-state index in [1.54, 1.807) is 4.90 Å². The van der Waals surface area contributed by atoms with Crippen LogP contribution in [-0.2, 0) is 22.4 Å². The number of hydrogen-bond acceptors (Lipinski definition) is 2. The summed E-state index contributed by atoms with van der Waals surface area (Å²) in [6.07, 6.45) is 6.15. The molecule has 3 unspecified atom stereocenters. The second-order valence-electron chi connectivity index (χ2n) is 7.37. The van der Waals surface area contributed by atoms with Gasteiger partial charge in [0.2, 0.25) is 5.91 Å². The fourth-order valence-electron chi connectivity index (χ4n) is 4.86. The Bertz CT molecular complexity index is 825. The van der Waals surface area contributed by atoms with Crippen LogP contribution in [0.15, 0.2) is 24.4 Å². The molecule has 0 bridgehead atoms. The number of aromatic amines is 1. The number of amides is 1. The number of nitrogens with one attached hydrogen (secondary N) is 1. The van der Waals surface area contributed by atoms with Crippen LogP contribution in [0, 0.1) is 11.8 Å². The summed E-state index contributed by atoms with van der Waals surface area (Å²) in [5.41, 5.74) is 3.27. The summed E-state index contributed by atoms with van der Waals surface area (Å²) in [6, 6.07) is 5.49. The van der Waals surface area contributed by atoms with Gasteiger partial charge >= 0.3 is 5.97 Å². The lowest BCUT2D eigenvalue weighted by Crippen LogP contribution is -2.43. The van der Waals surface area contributed by atoms with Gasteiger partial charge in [-0.2, -0.15) is 0 Å². The summed E-state index contributed by atoms with van der Waals surface area (Å²) < 4.78 is 0. The molecule has 2 fully saturated rings. The van der Waals surface area contributed by atoms with Crippen molar-refractivity contribution in [1.82, 2.24) is 9.88 Å². The zero-order valence-electron chi connectivity index (χ0n) is 14.5. The SMILES string of the molecule is CCc1cccc2c(CC(=O)N3CC4CCCC4C3C(=O)O)c[nH]c12. The minimum atomic E-state index is -0.852. The van der Waals surface area contributed by atoms with Crippen molar-refractivity contribution in [2.45, 2.75) is 45.1 Å². The third-order valence-corrected chi connectivity index (χ3v) is 6.07. The number of benzene rings is 1. The summed E-state index contributed by atoms with van der Waals surface area (Å²) in [5.74, 6) is -0.421. The summed E-state index contributed by atoms with van der Waals surface area (Å²) in [7, 11) is 0. The number of H-pyrrole nitrogens is 1. The molecular weight excluding hydrogens is 316 g/mol. The van der Waals surface area contributed by atoms with Gasteiger partial charge in [-0.3, -0.25) is 4.79 Å². The van der Waals surface area contributed by atoms with Crippen LogP contribution < -0.4 is 0 Å². The maximum atomic E-state index is 12.9. The third kappa shape index (κ3) is 2.62. The standard InChI is InChI=1S/C20H24N2O3/c1-2-12-5-3-7-15-14(10-21-18(12)15)9-17(23)22-11-13-6-4-8-16(13)19(22)20(24)25/h3,5,7,10,13,16,19,21H,2,4,6,8-9,11H2,1H3,(H,24,25). The second-order valence-corrected chi connectivity index (χ2v) is 7.37. The number of aryl methyl sites for hydroxylation is 1. The van der Waals surface area contributed by atoms with Crippen LogP contribution in [0.4, 0.5) is 0 Å². The molecule has 2 aliphatic rings. The fourth-order valence-corrected chi connectivity index (χ4v) is 4.86. The molecule has 132 valence electrons. The Morgan fingerprint density at radius 3 is 2.88 bits per heavy atom. The van der Waals surface area contributed by atoms with Crippen LogP contribution >= 0.6 is 0 Å². The number of carbonyl (C=O) groups is 2. The Labute approximate surface area is 147 Å². The van der Waals surface area contributed by atoms with E-state index in [-0.39, 0.29) is 18.2 Å². The molecule has 2 N–H and O–H groups in total. The van der Waals surface area contributed by atoms with Crippen molar-refractivity contribution in [3.05, 3.63) is 35.5 Å². The first kappa shape index (κ1) is 16.2. The van der Waals surface area contributed by atoms with Gasteiger partial charge in [-0.15, -0.1) is 0 Å². The van der Waals surface area contributed by atoms with E-state index in [2.05, 4.69) is 18.0 Å². The minimum Gasteiger partial charge on any atom is -0.480 e.